The average Bonchev–Trinajstić information content (AvgIpc) is 1.66. The first kappa shape index (κ1) is 23.3. The molecule has 7 nitrogen and oxygen atoms in total. The first-order valence-electron chi connectivity index (χ1n) is 1.39. The summed E-state index contributed by atoms with van der Waals surface area (Å²) in [6.07, 6.45) is 0. The Labute approximate surface area is 104 Å². The van der Waals surface area contributed by atoms with Gasteiger partial charge in [0.25, 0.3) is 0 Å². The maximum atomic E-state index is 8.59. The van der Waals surface area contributed by atoms with Crippen molar-refractivity contribution in [3.05, 3.63) is 0 Å². The van der Waals surface area contributed by atoms with Gasteiger partial charge < -0.3 is 29.4 Å². The molecule has 0 rings (SSSR count). The molecule has 0 aliphatic rings. The van der Waals surface area contributed by atoms with Crippen LogP contribution in [-0.2, 0) is 0 Å². The molecule has 0 aliphatic carbocycles. The Kier molecular flexibility index (Phi) is 48.4. The van der Waals surface area contributed by atoms with Crippen LogP contribution in [0.25, 0.3) is 0 Å². The van der Waals surface area contributed by atoms with Gasteiger partial charge in [0.15, 0.2) is 0 Å². The molecule has 11 heavy (non-hydrogen) atoms. The van der Waals surface area contributed by atoms with Gasteiger partial charge in [-0.2, -0.15) is 17.2 Å². The fourth-order valence-electron chi connectivity index (χ4n) is 0. The first-order chi connectivity index (χ1) is 4.46. The summed E-state index contributed by atoms with van der Waals surface area (Å²) < 4.78 is 6.92. The normalized spacial score (nSPS) is 7.18. The Bertz CT molecular complexity index is 31.9. The van der Waals surface area contributed by atoms with Crippen LogP contribution >= 0.6 is 17.2 Å². The Morgan fingerprint density at radius 3 is 0.818 bits per heavy atom. The minimum absolute atomic E-state index is 0. The summed E-state index contributed by atoms with van der Waals surface area (Å²) in [5.41, 5.74) is 0. The molecule has 0 aromatic rings. The Morgan fingerprint density at radius 1 is 0.818 bits per heavy atom. The molecule has 0 radical (unpaired) electrons. The van der Waals surface area contributed by atoms with Crippen molar-refractivity contribution in [1.82, 2.24) is 0 Å². The second-order valence-corrected chi connectivity index (χ2v) is 1.43. The number of rotatable bonds is 0. The van der Waals surface area contributed by atoms with E-state index in [2.05, 4.69) is 0 Å². The van der Waals surface area contributed by atoms with E-state index < -0.39 is 17.2 Å². The fourth-order valence-corrected chi connectivity index (χ4v) is 0. The molecule has 0 unspecified atom stereocenters. The molecular weight excluding hydrogens is 241 g/mol. The van der Waals surface area contributed by atoms with Crippen molar-refractivity contribution in [2.45, 2.75) is 0 Å². The van der Waals surface area contributed by atoms with E-state index in [1.165, 1.54) is 16.6 Å². The van der Waals surface area contributed by atoms with Crippen LogP contribution in [0.3, 0.4) is 0 Å². The third-order valence-corrected chi connectivity index (χ3v) is 0. The summed E-state index contributed by atoms with van der Waals surface area (Å²) in [5, 5.41) is 0. The van der Waals surface area contributed by atoms with Crippen LogP contribution in [0.15, 0.2) is 0 Å². The quantitative estimate of drug-likeness (QED) is 0.283. The van der Waals surface area contributed by atoms with Gasteiger partial charge in [-0.05, 0) is 0 Å². The van der Waals surface area contributed by atoms with E-state index in [0.29, 0.717) is 0 Å². The number of hydrogen-bond donors (Lipinski definition) is 3. The molecule has 0 aromatic heterocycles. The van der Waals surface area contributed by atoms with Crippen molar-refractivity contribution in [3.8, 4) is 0 Å². The molecular formula is H3AlCaO7P2. The predicted octanol–water partition coefficient (Wildman–Crippen LogP) is -5.47. The summed E-state index contributed by atoms with van der Waals surface area (Å²) in [4.78, 5) is 48.4. The molecule has 0 aromatic carbocycles. The van der Waals surface area contributed by atoms with Crippen molar-refractivity contribution in [2.24, 2.45) is 0 Å². The van der Waals surface area contributed by atoms with Crippen molar-refractivity contribution < 1.29 is 33.5 Å². The Balaban J connectivity index is -0.0000000339. The third-order valence-electron chi connectivity index (χ3n) is 0. The van der Waals surface area contributed by atoms with Crippen LogP contribution in [0.1, 0.15) is 0 Å². The van der Waals surface area contributed by atoms with E-state index in [1.807, 2.05) is 0 Å². The van der Waals surface area contributed by atoms with E-state index in [-0.39, 0.29) is 37.7 Å². The predicted molar refractivity (Wildman–Crippen MR) is 32.0 cm³/mol. The monoisotopic (exact) mass is 244 g/mol. The van der Waals surface area contributed by atoms with Crippen LogP contribution in [0, 0.1) is 0 Å². The van der Waals surface area contributed by atoms with Crippen LogP contribution in [0.2, 0.25) is 0 Å². The van der Waals surface area contributed by atoms with Crippen molar-refractivity contribution in [3.63, 3.8) is 0 Å². The molecule has 0 amide bonds. The Hall–Kier alpha value is 2.37. The van der Waals surface area contributed by atoms with Crippen LogP contribution in [0.5, 0.6) is 0 Å². The number of hydrogen-bond acceptors (Lipinski definition) is 7. The molecule has 0 atom stereocenters. The fraction of sp³-hybridized carbons (Fsp3) is 0. The van der Waals surface area contributed by atoms with Gasteiger partial charge in [-0.15, -0.1) is 0 Å². The van der Waals surface area contributed by atoms with Crippen molar-refractivity contribution in [1.29, 1.82) is 0 Å². The van der Waals surface area contributed by atoms with Crippen molar-refractivity contribution >= 4 is 71.6 Å². The maximum absolute atomic E-state index is 8.59. The average molecular weight is 244 g/mol. The van der Waals surface area contributed by atoms with E-state index >= 15 is 0 Å². The minimum atomic E-state index is -3.12. The summed E-state index contributed by atoms with van der Waals surface area (Å²) in [5.74, 6) is 0. The van der Waals surface area contributed by atoms with E-state index in [4.69, 9.17) is 33.5 Å². The van der Waals surface area contributed by atoms with Gasteiger partial charge in [0.05, 0.1) is 0 Å². The van der Waals surface area contributed by atoms with E-state index in [0.717, 1.165) is 0 Å². The molecule has 0 heterocycles. The molecule has 0 spiro atoms. The van der Waals surface area contributed by atoms with Gasteiger partial charge in [-0.3, -0.25) is 0 Å². The van der Waals surface area contributed by atoms with Gasteiger partial charge >= 0.3 is 58.5 Å². The standard InChI is InChI=1S/Al.Ca.2HO3P.H2O/c;;2*1-4(2)3;/h;;2*1H;1H2/q+3;+2;2*-2;/p-1. The SMILES string of the molecule is [Ca+2].[O-]P([O-])O.[O-]P([O-])O.[OH][Al+2]. The van der Waals surface area contributed by atoms with E-state index in [1.54, 1.807) is 0 Å². The summed E-state index contributed by atoms with van der Waals surface area (Å²) >= 11 is 1.42. The van der Waals surface area contributed by atoms with Gasteiger partial charge in [0, 0.05) is 0 Å². The molecule has 0 fully saturated rings. The van der Waals surface area contributed by atoms with Crippen molar-refractivity contribution in [2.75, 3.05) is 0 Å². The zero-order valence-corrected chi connectivity index (χ0v) is 10.3. The van der Waals surface area contributed by atoms with Gasteiger partial charge in [-0.1, -0.05) is 0 Å². The second-order valence-electron chi connectivity index (χ2n) is 0.476. The summed E-state index contributed by atoms with van der Waals surface area (Å²) in [6, 6.07) is 0. The van der Waals surface area contributed by atoms with Crippen LogP contribution in [0.4, 0.5) is 0 Å². The van der Waals surface area contributed by atoms with Gasteiger partial charge in [-0.25, -0.2) is 0 Å². The molecule has 60 valence electrons. The van der Waals surface area contributed by atoms with Gasteiger partial charge in [0.1, 0.15) is 0 Å². The third kappa shape index (κ3) is 237. The van der Waals surface area contributed by atoms with E-state index in [9.17, 15) is 0 Å². The molecule has 0 saturated carbocycles. The molecule has 0 aliphatic heterocycles. The first-order valence-corrected chi connectivity index (χ1v) is 4.17. The summed E-state index contributed by atoms with van der Waals surface area (Å²) in [6.45, 7) is 0. The summed E-state index contributed by atoms with van der Waals surface area (Å²) in [7, 11) is -6.24. The van der Waals surface area contributed by atoms with Gasteiger partial charge in [0.2, 0.25) is 0 Å². The zero-order chi connectivity index (χ0) is 9.15. The topological polar surface area (TPSA) is 153 Å². The van der Waals surface area contributed by atoms with Crippen LogP contribution < -0.4 is 19.6 Å². The molecule has 0 bridgehead atoms. The van der Waals surface area contributed by atoms with Crippen LogP contribution in [-0.4, -0.2) is 68.3 Å². The Morgan fingerprint density at radius 2 is 0.818 bits per heavy atom. The molecule has 0 saturated heterocycles. The zero-order valence-electron chi connectivity index (χ0n) is 5.15. The second kappa shape index (κ2) is 22.8. The molecule has 11 heteroatoms. The molecule has 3 N–H and O–H groups in total.